The van der Waals surface area contributed by atoms with Gasteiger partial charge in [-0.15, -0.1) is 0 Å². The number of ketones is 1. The Morgan fingerprint density at radius 1 is 1.33 bits per heavy atom. The third-order valence-corrected chi connectivity index (χ3v) is 2.42. The highest BCUT2D eigenvalue weighted by atomic mass is 16.3. The molecule has 0 heterocycles. The molecule has 0 rings (SSSR count). The molecule has 0 aromatic carbocycles. The van der Waals surface area contributed by atoms with Gasteiger partial charge in [0, 0.05) is 12.3 Å². The van der Waals surface area contributed by atoms with Gasteiger partial charge in [0.05, 0.1) is 5.60 Å². The Labute approximate surface area is 75.0 Å². The van der Waals surface area contributed by atoms with Gasteiger partial charge in [-0.2, -0.15) is 0 Å². The number of hydrogen-bond donors (Lipinski definition) is 1. The van der Waals surface area contributed by atoms with Crippen molar-refractivity contribution < 1.29 is 9.90 Å². The van der Waals surface area contributed by atoms with E-state index < -0.39 is 5.60 Å². The number of carbonyl (C=O) groups is 1. The number of carbonyl (C=O) groups excluding carboxylic acids is 1. The number of Topliss-reactive ketones (excluding diaryl/α,β-unsaturated/α-hetero) is 1. The highest BCUT2D eigenvalue weighted by Crippen LogP contribution is 2.21. The molecule has 0 amide bonds. The predicted octanol–water partition coefficient (Wildman–Crippen LogP) is 2.01. The zero-order chi connectivity index (χ0) is 9.94. The van der Waals surface area contributed by atoms with Gasteiger partial charge in [-0.05, 0) is 12.8 Å². The van der Waals surface area contributed by atoms with Gasteiger partial charge in [0.15, 0.2) is 0 Å². The van der Waals surface area contributed by atoms with Crippen molar-refractivity contribution in [1.82, 2.24) is 0 Å². The third-order valence-electron chi connectivity index (χ3n) is 2.42. The minimum absolute atomic E-state index is 0.0234. The molecular weight excluding hydrogens is 152 g/mol. The maximum Gasteiger partial charge on any atom is 0.138 e. The van der Waals surface area contributed by atoms with Crippen LogP contribution in [0.5, 0.6) is 0 Å². The first-order chi connectivity index (χ1) is 5.27. The fourth-order valence-electron chi connectivity index (χ4n) is 0.761. The summed E-state index contributed by atoms with van der Waals surface area (Å²) in [6.07, 6.45) is 0.266. The maximum atomic E-state index is 11.3. The fourth-order valence-corrected chi connectivity index (χ4v) is 0.761. The van der Waals surface area contributed by atoms with Crippen LogP contribution < -0.4 is 0 Å². The van der Waals surface area contributed by atoms with Gasteiger partial charge in [0.1, 0.15) is 5.78 Å². The molecule has 2 nitrogen and oxygen atoms in total. The van der Waals surface area contributed by atoms with E-state index in [0.29, 0.717) is 0 Å². The lowest BCUT2D eigenvalue weighted by molar-refractivity contribution is -0.127. The average molecular weight is 172 g/mol. The van der Waals surface area contributed by atoms with Crippen LogP contribution in [-0.2, 0) is 4.79 Å². The summed E-state index contributed by atoms with van der Waals surface area (Å²) in [7, 11) is 0. The summed E-state index contributed by atoms with van der Waals surface area (Å²) in [5.74, 6) is 0.282. The van der Waals surface area contributed by atoms with E-state index in [1.807, 2.05) is 27.7 Å². The molecule has 72 valence electrons. The Morgan fingerprint density at radius 3 is 2.00 bits per heavy atom. The molecule has 0 spiro atoms. The second-order valence-corrected chi connectivity index (χ2v) is 4.31. The van der Waals surface area contributed by atoms with E-state index in [1.54, 1.807) is 6.92 Å². The van der Waals surface area contributed by atoms with E-state index in [-0.39, 0.29) is 24.0 Å². The Morgan fingerprint density at radius 2 is 1.75 bits per heavy atom. The highest BCUT2D eigenvalue weighted by molar-refractivity contribution is 5.81. The van der Waals surface area contributed by atoms with Crippen molar-refractivity contribution in [3.05, 3.63) is 0 Å². The zero-order valence-corrected chi connectivity index (χ0v) is 8.72. The summed E-state index contributed by atoms with van der Waals surface area (Å²) in [5, 5.41) is 9.79. The van der Waals surface area contributed by atoms with Crippen molar-refractivity contribution in [1.29, 1.82) is 0 Å². The van der Waals surface area contributed by atoms with Gasteiger partial charge >= 0.3 is 0 Å². The van der Waals surface area contributed by atoms with E-state index in [4.69, 9.17) is 0 Å². The Balaban J connectivity index is 4.15. The van der Waals surface area contributed by atoms with Crippen LogP contribution in [0.25, 0.3) is 0 Å². The molecule has 0 aliphatic rings. The topological polar surface area (TPSA) is 37.3 Å². The molecule has 0 saturated carbocycles. The van der Waals surface area contributed by atoms with E-state index in [0.717, 1.165) is 0 Å². The molecular formula is C10H20O2. The van der Waals surface area contributed by atoms with Crippen LogP contribution in [-0.4, -0.2) is 16.5 Å². The number of rotatable bonds is 4. The van der Waals surface area contributed by atoms with Crippen molar-refractivity contribution >= 4 is 5.78 Å². The van der Waals surface area contributed by atoms with Gasteiger partial charge in [-0.1, -0.05) is 27.7 Å². The summed E-state index contributed by atoms with van der Waals surface area (Å²) in [4.78, 5) is 11.3. The molecule has 0 aliphatic carbocycles. The quantitative estimate of drug-likeness (QED) is 0.704. The Bertz CT molecular complexity index is 157. The van der Waals surface area contributed by atoms with E-state index in [9.17, 15) is 9.90 Å². The number of aliphatic hydroxyl groups is 1. The Kier molecular flexibility index (Phi) is 3.91. The van der Waals surface area contributed by atoms with E-state index >= 15 is 0 Å². The largest absolute Gasteiger partial charge is 0.389 e. The zero-order valence-electron chi connectivity index (χ0n) is 8.72. The third kappa shape index (κ3) is 3.35. The minimum atomic E-state index is -0.846. The molecule has 0 fully saturated rings. The molecule has 0 bridgehead atoms. The molecule has 0 unspecified atom stereocenters. The van der Waals surface area contributed by atoms with Crippen molar-refractivity contribution in [2.45, 2.75) is 46.6 Å². The fraction of sp³-hybridized carbons (Fsp3) is 0.900. The summed E-state index contributed by atoms with van der Waals surface area (Å²) in [6, 6.07) is 0. The van der Waals surface area contributed by atoms with Crippen LogP contribution in [0, 0.1) is 11.8 Å². The van der Waals surface area contributed by atoms with Gasteiger partial charge < -0.3 is 5.11 Å². The predicted molar refractivity (Wildman–Crippen MR) is 49.9 cm³/mol. The normalized spacial score (nSPS) is 16.7. The van der Waals surface area contributed by atoms with Crippen LogP contribution >= 0.6 is 0 Å². The summed E-state index contributed by atoms with van der Waals surface area (Å²) in [6.45, 7) is 9.29. The molecule has 2 heteroatoms. The first-order valence-electron chi connectivity index (χ1n) is 4.52. The van der Waals surface area contributed by atoms with Gasteiger partial charge in [0.25, 0.3) is 0 Å². The first kappa shape index (κ1) is 11.6. The second kappa shape index (κ2) is 4.04. The van der Waals surface area contributed by atoms with Crippen LogP contribution in [0.4, 0.5) is 0 Å². The smallest absolute Gasteiger partial charge is 0.138 e. The van der Waals surface area contributed by atoms with Crippen molar-refractivity contribution in [2.24, 2.45) is 11.8 Å². The van der Waals surface area contributed by atoms with Crippen LogP contribution in [0.15, 0.2) is 0 Å². The SMILES string of the molecule is CC(C)C(=O)C[C@@](C)(O)C(C)C. The number of hydrogen-bond acceptors (Lipinski definition) is 2. The Hall–Kier alpha value is -0.370. The maximum absolute atomic E-state index is 11.3. The van der Waals surface area contributed by atoms with Crippen LogP contribution in [0.3, 0.4) is 0 Å². The first-order valence-corrected chi connectivity index (χ1v) is 4.52. The van der Waals surface area contributed by atoms with Crippen molar-refractivity contribution in [3.63, 3.8) is 0 Å². The van der Waals surface area contributed by atoms with Crippen LogP contribution in [0.1, 0.15) is 41.0 Å². The summed E-state index contributed by atoms with van der Waals surface area (Å²) in [5.41, 5.74) is -0.846. The van der Waals surface area contributed by atoms with Crippen molar-refractivity contribution in [2.75, 3.05) is 0 Å². The van der Waals surface area contributed by atoms with Crippen LogP contribution in [0.2, 0.25) is 0 Å². The lowest BCUT2D eigenvalue weighted by Crippen LogP contribution is -2.34. The molecule has 1 atom stereocenters. The van der Waals surface area contributed by atoms with Crippen molar-refractivity contribution in [3.8, 4) is 0 Å². The molecule has 0 saturated heterocycles. The van der Waals surface area contributed by atoms with Gasteiger partial charge in [-0.3, -0.25) is 4.79 Å². The van der Waals surface area contributed by atoms with E-state index in [2.05, 4.69) is 0 Å². The molecule has 0 aromatic heterocycles. The second-order valence-electron chi connectivity index (χ2n) is 4.31. The molecule has 0 radical (unpaired) electrons. The highest BCUT2D eigenvalue weighted by Gasteiger charge is 2.28. The standard InChI is InChI=1S/C10H20O2/c1-7(2)9(11)6-10(5,12)8(3)4/h7-8,12H,6H2,1-5H3/t10-/m1/s1. The monoisotopic (exact) mass is 172 g/mol. The lowest BCUT2D eigenvalue weighted by Gasteiger charge is -2.27. The lowest BCUT2D eigenvalue weighted by atomic mass is 9.85. The molecule has 12 heavy (non-hydrogen) atoms. The molecule has 1 N–H and O–H groups in total. The van der Waals surface area contributed by atoms with Gasteiger partial charge in [0.2, 0.25) is 0 Å². The molecule has 0 aliphatic heterocycles. The summed E-state index contributed by atoms with van der Waals surface area (Å²) >= 11 is 0. The molecule has 0 aromatic rings. The minimum Gasteiger partial charge on any atom is -0.389 e. The van der Waals surface area contributed by atoms with Gasteiger partial charge in [-0.25, -0.2) is 0 Å². The average Bonchev–Trinajstić information content (AvgIpc) is 1.85. The summed E-state index contributed by atoms with van der Waals surface area (Å²) < 4.78 is 0. The van der Waals surface area contributed by atoms with E-state index in [1.165, 1.54) is 0 Å².